The van der Waals surface area contributed by atoms with Crippen molar-refractivity contribution >= 4 is 34.4 Å². The molecule has 1 unspecified atom stereocenters. The minimum atomic E-state index is -0.392. The lowest BCUT2D eigenvalue weighted by Crippen LogP contribution is -2.15. The molecule has 0 amide bonds. The van der Waals surface area contributed by atoms with Crippen LogP contribution >= 0.6 is 11.8 Å². The van der Waals surface area contributed by atoms with Crippen LogP contribution < -0.4 is 0 Å². The van der Waals surface area contributed by atoms with Crippen LogP contribution in [-0.2, 0) is 9.53 Å². The number of rotatable bonds is 4. The summed E-state index contributed by atoms with van der Waals surface area (Å²) in [6, 6.07) is 6.16. The Kier molecular flexibility index (Phi) is 4.31. The van der Waals surface area contributed by atoms with Gasteiger partial charge in [-0.3, -0.25) is 9.20 Å². The van der Waals surface area contributed by atoms with Gasteiger partial charge in [0.1, 0.15) is 11.6 Å². The topological polar surface area (TPSA) is 87.2 Å². The number of carbonyl (C=O) groups is 1. The van der Waals surface area contributed by atoms with Gasteiger partial charge in [-0.15, -0.1) is 10.2 Å². The van der Waals surface area contributed by atoms with E-state index >= 15 is 0 Å². The molecule has 8 nitrogen and oxygen atoms in total. The highest BCUT2D eigenvalue weighted by Gasteiger charge is 2.20. The zero-order valence-corrected chi connectivity index (χ0v) is 16.2. The van der Waals surface area contributed by atoms with Crippen LogP contribution in [0, 0.1) is 13.8 Å². The van der Waals surface area contributed by atoms with Crippen LogP contribution in [-0.4, -0.2) is 47.7 Å². The maximum absolute atomic E-state index is 11.7. The van der Waals surface area contributed by atoms with Crippen molar-refractivity contribution in [3.8, 4) is 5.69 Å². The second-order valence-electron chi connectivity index (χ2n) is 6.27. The molecule has 1 atom stereocenters. The number of thioether (sulfide) groups is 1. The highest BCUT2D eigenvalue weighted by atomic mass is 32.2. The number of esters is 1. The first kappa shape index (κ1) is 17.5. The second kappa shape index (κ2) is 6.66. The Bertz CT molecular complexity index is 1170. The van der Waals surface area contributed by atoms with E-state index in [1.165, 1.54) is 30.0 Å². The minimum absolute atomic E-state index is 0.312. The number of nitrogens with zero attached hydrogens (tertiary/aromatic N) is 6. The fourth-order valence-electron chi connectivity index (χ4n) is 2.80. The number of ether oxygens (including phenoxy) is 1. The van der Waals surface area contributed by atoms with Crippen LogP contribution in [0.2, 0.25) is 0 Å². The molecule has 0 bridgehead atoms. The summed E-state index contributed by atoms with van der Waals surface area (Å²) in [5, 5.41) is 13.9. The monoisotopic (exact) mass is 382 g/mol. The largest absolute Gasteiger partial charge is 0.468 e. The summed E-state index contributed by atoms with van der Waals surface area (Å²) < 4.78 is 8.32. The van der Waals surface area contributed by atoms with Crippen LogP contribution in [0.1, 0.15) is 18.1 Å². The summed E-state index contributed by atoms with van der Waals surface area (Å²) in [6.07, 6.45) is 3.39. The molecule has 4 aromatic rings. The molecule has 27 heavy (non-hydrogen) atoms. The zero-order chi connectivity index (χ0) is 19.1. The third-order valence-electron chi connectivity index (χ3n) is 4.50. The number of benzene rings is 1. The smallest absolute Gasteiger partial charge is 0.318 e. The molecule has 3 heterocycles. The van der Waals surface area contributed by atoms with Gasteiger partial charge in [-0.1, -0.05) is 17.8 Å². The van der Waals surface area contributed by atoms with Crippen molar-refractivity contribution in [2.24, 2.45) is 0 Å². The summed E-state index contributed by atoms with van der Waals surface area (Å²) in [5.41, 5.74) is 4.71. The number of carbonyl (C=O) groups excluding carboxylic acids is 1. The molecule has 0 radical (unpaired) electrons. The molecule has 3 aromatic heterocycles. The summed E-state index contributed by atoms with van der Waals surface area (Å²) >= 11 is 1.28. The van der Waals surface area contributed by atoms with Gasteiger partial charge in [-0.05, 0) is 44.0 Å². The first-order valence-corrected chi connectivity index (χ1v) is 9.27. The van der Waals surface area contributed by atoms with Crippen LogP contribution in [0.25, 0.3) is 22.4 Å². The maximum Gasteiger partial charge on any atom is 0.318 e. The Morgan fingerprint density at radius 1 is 1.19 bits per heavy atom. The fraction of sp³-hybridized carbons (Fsp3) is 0.278. The van der Waals surface area contributed by atoms with E-state index in [2.05, 4.69) is 46.3 Å². The molecular formula is C18H18N6O2S. The van der Waals surface area contributed by atoms with Gasteiger partial charge in [0.2, 0.25) is 0 Å². The molecule has 4 rings (SSSR count). The average molecular weight is 382 g/mol. The lowest BCUT2D eigenvalue weighted by molar-refractivity contribution is -0.139. The third-order valence-corrected chi connectivity index (χ3v) is 5.53. The Morgan fingerprint density at radius 2 is 2.00 bits per heavy atom. The maximum atomic E-state index is 11.7. The van der Waals surface area contributed by atoms with Crippen LogP contribution in [0.5, 0.6) is 0 Å². The van der Waals surface area contributed by atoms with Gasteiger partial charge in [0.25, 0.3) is 0 Å². The highest BCUT2D eigenvalue weighted by molar-refractivity contribution is 8.00. The predicted octanol–water partition coefficient (Wildman–Crippen LogP) is 2.73. The fourth-order valence-corrected chi connectivity index (χ4v) is 3.64. The number of methoxy groups -OCH3 is 1. The van der Waals surface area contributed by atoms with Crippen molar-refractivity contribution in [3.05, 3.63) is 41.9 Å². The standard InChI is InChI=1S/C18H18N6O2S/c1-10-5-6-13(7-11(10)2)24-15-14(8-20-24)16-21-22-18(23(16)9-19-15)27-12(3)17(25)26-4/h5-9,12H,1-4H3. The lowest BCUT2D eigenvalue weighted by atomic mass is 10.1. The van der Waals surface area contributed by atoms with Crippen LogP contribution in [0.4, 0.5) is 0 Å². The second-order valence-corrected chi connectivity index (χ2v) is 7.57. The zero-order valence-electron chi connectivity index (χ0n) is 15.4. The van der Waals surface area contributed by atoms with Crippen LogP contribution in [0.3, 0.4) is 0 Å². The third kappa shape index (κ3) is 2.93. The molecular weight excluding hydrogens is 364 g/mol. The van der Waals surface area contributed by atoms with Gasteiger partial charge in [0.15, 0.2) is 16.5 Å². The van der Waals surface area contributed by atoms with E-state index in [1.54, 1.807) is 28.5 Å². The number of hydrogen-bond acceptors (Lipinski definition) is 7. The van der Waals surface area contributed by atoms with Gasteiger partial charge in [0.05, 0.1) is 24.4 Å². The van der Waals surface area contributed by atoms with Gasteiger partial charge in [0, 0.05) is 0 Å². The molecule has 9 heteroatoms. The predicted molar refractivity (Wildman–Crippen MR) is 102 cm³/mol. The van der Waals surface area contributed by atoms with Gasteiger partial charge < -0.3 is 4.74 Å². The quantitative estimate of drug-likeness (QED) is 0.396. The molecule has 138 valence electrons. The van der Waals surface area contributed by atoms with Crippen molar-refractivity contribution in [1.29, 1.82) is 0 Å². The Hall–Kier alpha value is -2.94. The Morgan fingerprint density at radius 3 is 2.74 bits per heavy atom. The van der Waals surface area contributed by atoms with Gasteiger partial charge in [-0.2, -0.15) is 5.10 Å². The number of hydrogen-bond donors (Lipinski definition) is 0. The van der Waals surface area contributed by atoms with Crippen molar-refractivity contribution in [2.45, 2.75) is 31.2 Å². The van der Waals surface area contributed by atoms with Crippen molar-refractivity contribution < 1.29 is 9.53 Å². The van der Waals surface area contributed by atoms with E-state index in [0.717, 1.165) is 11.1 Å². The van der Waals surface area contributed by atoms with E-state index in [4.69, 9.17) is 4.74 Å². The molecule has 0 aliphatic heterocycles. The summed E-state index contributed by atoms with van der Waals surface area (Å²) in [4.78, 5) is 16.2. The molecule has 0 saturated heterocycles. The first-order chi connectivity index (χ1) is 13.0. The van der Waals surface area contributed by atoms with E-state index < -0.39 is 5.25 Å². The first-order valence-electron chi connectivity index (χ1n) is 8.39. The Labute approximate surface area is 159 Å². The average Bonchev–Trinajstić information content (AvgIpc) is 3.27. The number of aromatic nitrogens is 6. The summed E-state index contributed by atoms with van der Waals surface area (Å²) in [7, 11) is 1.37. The highest BCUT2D eigenvalue weighted by Crippen LogP contribution is 2.26. The molecule has 0 saturated carbocycles. The molecule has 0 spiro atoms. The SMILES string of the molecule is COC(=O)C(C)Sc1nnc2c3cnn(-c4ccc(C)c(C)c4)c3ncn12. The minimum Gasteiger partial charge on any atom is -0.468 e. The normalized spacial score (nSPS) is 12.6. The molecule has 0 aliphatic carbocycles. The van der Waals surface area contributed by atoms with E-state index in [-0.39, 0.29) is 5.97 Å². The van der Waals surface area contributed by atoms with Crippen molar-refractivity contribution in [3.63, 3.8) is 0 Å². The number of fused-ring (bicyclic) bond motifs is 3. The summed E-state index contributed by atoms with van der Waals surface area (Å²) in [5.74, 6) is -0.312. The van der Waals surface area contributed by atoms with E-state index in [9.17, 15) is 4.79 Å². The van der Waals surface area contributed by atoms with Crippen molar-refractivity contribution in [2.75, 3.05) is 7.11 Å². The number of aryl methyl sites for hydroxylation is 2. The van der Waals surface area contributed by atoms with Gasteiger partial charge >= 0.3 is 5.97 Å². The summed E-state index contributed by atoms with van der Waals surface area (Å²) in [6.45, 7) is 5.91. The molecule has 0 N–H and O–H groups in total. The molecule has 1 aromatic carbocycles. The van der Waals surface area contributed by atoms with Crippen LogP contribution in [0.15, 0.2) is 35.9 Å². The molecule has 0 fully saturated rings. The molecule has 0 aliphatic rings. The van der Waals surface area contributed by atoms with Crippen molar-refractivity contribution in [1.82, 2.24) is 29.4 Å². The lowest BCUT2D eigenvalue weighted by Gasteiger charge is -2.07. The van der Waals surface area contributed by atoms with E-state index in [1.807, 2.05) is 6.07 Å². The Balaban J connectivity index is 1.78. The van der Waals surface area contributed by atoms with E-state index in [0.29, 0.717) is 16.5 Å². The van der Waals surface area contributed by atoms with Gasteiger partial charge in [-0.25, -0.2) is 9.67 Å².